The molecule has 2 amide bonds. The Labute approximate surface area is 144 Å². The lowest BCUT2D eigenvalue weighted by molar-refractivity contribution is -0.126. The summed E-state index contributed by atoms with van der Waals surface area (Å²) >= 11 is 0. The third kappa shape index (κ3) is 6.57. The van der Waals surface area contributed by atoms with Crippen molar-refractivity contribution in [3.8, 4) is 0 Å². The van der Waals surface area contributed by atoms with Crippen LogP contribution in [0.5, 0.6) is 0 Å². The summed E-state index contributed by atoms with van der Waals surface area (Å²) in [6.07, 6.45) is 2.19. The second-order valence-electron chi connectivity index (χ2n) is 7.01. The van der Waals surface area contributed by atoms with Crippen LogP contribution in [0.25, 0.3) is 0 Å². The minimum Gasteiger partial charge on any atom is -0.369 e. The Morgan fingerprint density at radius 2 is 2.04 bits per heavy atom. The van der Waals surface area contributed by atoms with Crippen LogP contribution < -0.4 is 11.1 Å². The van der Waals surface area contributed by atoms with Gasteiger partial charge in [-0.3, -0.25) is 14.4 Å². The third-order valence-electron chi connectivity index (χ3n) is 4.70. The number of carbonyl (C=O) groups is 3. The van der Waals surface area contributed by atoms with E-state index >= 15 is 0 Å². The average Bonchev–Trinajstić information content (AvgIpc) is 2.84. The first-order valence-electron chi connectivity index (χ1n) is 8.60. The standard InChI is InChI=1S/C17H31N3O4/c1-11(12(2)17(18)23)6-5-7-15(22)19-16-13(21)10-24-14(16)8-9-20(3)4/h11-12,14,16H,5-10H2,1-4H3,(H2,18,23)(H,19,22)/t11?,12?,14-,16?/m0/s1. The van der Waals surface area contributed by atoms with E-state index in [-0.39, 0.29) is 42.1 Å². The van der Waals surface area contributed by atoms with E-state index < -0.39 is 6.04 Å². The molecule has 3 N–H and O–H groups in total. The van der Waals surface area contributed by atoms with Crippen LogP contribution in [-0.4, -0.2) is 61.9 Å². The lowest BCUT2D eigenvalue weighted by Gasteiger charge is -2.21. The van der Waals surface area contributed by atoms with Gasteiger partial charge in [-0.05, 0) is 39.3 Å². The molecule has 3 unspecified atom stereocenters. The van der Waals surface area contributed by atoms with Crippen LogP contribution >= 0.6 is 0 Å². The van der Waals surface area contributed by atoms with Crippen LogP contribution in [0.3, 0.4) is 0 Å². The largest absolute Gasteiger partial charge is 0.369 e. The Bertz CT molecular complexity index is 453. The minimum atomic E-state index is -0.542. The highest BCUT2D eigenvalue weighted by Crippen LogP contribution is 2.18. The zero-order valence-electron chi connectivity index (χ0n) is 15.2. The van der Waals surface area contributed by atoms with Gasteiger partial charge < -0.3 is 20.7 Å². The molecule has 1 rings (SSSR count). The zero-order valence-corrected chi connectivity index (χ0v) is 15.2. The fourth-order valence-corrected chi connectivity index (χ4v) is 2.75. The van der Waals surface area contributed by atoms with Gasteiger partial charge in [-0.1, -0.05) is 13.8 Å². The summed E-state index contributed by atoms with van der Waals surface area (Å²) < 4.78 is 5.49. The number of Topliss-reactive ketones (excluding diaryl/α,β-unsaturated/α-hetero) is 1. The van der Waals surface area contributed by atoms with Crippen molar-refractivity contribution in [2.75, 3.05) is 27.2 Å². The second-order valence-corrected chi connectivity index (χ2v) is 7.01. The molecule has 0 radical (unpaired) electrons. The molecule has 7 nitrogen and oxygen atoms in total. The predicted octanol–water partition coefficient (Wildman–Crippen LogP) is 0.319. The number of hydrogen-bond donors (Lipinski definition) is 2. The molecular weight excluding hydrogens is 310 g/mol. The summed E-state index contributed by atoms with van der Waals surface area (Å²) in [5.74, 6) is -0.590. The quantitative estimate of drug-likeness (QED) is 0.596. The fourth-order valence-electron chi connectivity index (χ4n) is 2.75. The number of primary amides is 1. The Balaban J connectivity index is 2.37. The number of nitrogens with zero attached hydrogens (tertiary/aromatic N) is 1. The number of ketones is 1. The molecule has 0 aromatic rings. The van der Waals surface area contributed by atoms with Crippen molar-refractivity contribution in [2.24, 2.45) is 17.6 Å². The van der Waals surface area contributed by atoms with Gasteiger partial charge in [0.2, 0.25) is 11.8 Å². The van der Waals surface area contributed by atoms with Crippen LogP contribution in [0.1, 0.15) is 39.5 Å². The molecule has 0 saturated carbocycles. The van der Waals surface area contributed by atoms with Gasteiger partial charge >= 0.3 is 0 Å². The van der Waals surface area contributed by atoms with Crippen LogP contribution in [0.15, 0.2) is 0 Å². The Morgan fingerprint density at radius 3 is 2.62 bits per heavy atom. The predicted molar refractivity (Wildman–Crippen MR) is 91.2 cm³/mol. The van der Waals surface area contributed by atoms with Gasteiger partial charge in [0.25, 0.3) is 0 Å². The van der Waals surface area contributed by atoms with Crippen LogP contribution in [-0.2, 0) is 19.1 Å². The van der Waals surface area contributed by atoms with Crippen molar-refractivity contribution in [3.63, 3.8) is 0 Å². The van der Waals surface area contributed by atoms with Crippen molar-refractivity contribution >= 4 is 17.6 Å². The third-order valence-corrected chi connectivity index (χ3v) is 4.70. The van der Waals surface area contributed by atoms with E-state index in [0.717, 1.165) is 13.0 Å². The smallest absolute Gasteiger partial charge is 0.220 e. The van der Waals surface area contributed by atoms with E-state index in [4.69, 9.17) is 10.5 Å². The molecule has 0 aliphatic carbocycles. The van der Waals surface area contributed by atoms with Gasteiger partial charge in [0.15, 0.2) is 5.78 Å². The van der Waals surface area contributed by atoms with Gasteiger partial charge in [-0.2, -0.15) is 0 Å². The topological polar surface area (TPSA) is 102 Å². The zero-order chi connectivity index (χ0) is 18.3. The first-order valence-corrected chi connectivity index (χ1v) is 8.60. The number of nitrogens with one attached hydrogen (secondary N) is 1. The van der Waals surface area contributed by atoms with E-state index in [9.17, 15) is 14.4 Å². The summed E-state index contributed by atoms with van der Waals surface area (Å²) in [4.78, 5) is 37.2. The summed E-state index contributed by atoms with van der Waals surface area (Å²) in [5, 5.41) is 2.80. The number of amides is 2. The number of rotatable bonds is 10. The molecule has 1 aliphatic heterocycles. The molecule has 0 spiro atoms. The molecule has 0 bridgehead atoms. The lowest BCUT2D eigenvalue weighted by atomic mass is 9.90. The van der Waals surface area contributed by atoms with E-state index in [2.05, 4.69) is 5.32 Å². The van der Waals surface area contributed by atoms with E-state index in [1.165, 1.54) is 0 Å². The molecule has 1 saturated heterocycles. The highest BCUT2D eigenvalue weighted by Gasteiger charge is 2.36. The normalized spacial score (nSPS) is 23.3. The molecule has 1 heterocycles. The van der Waals surface area contributed by atoms with Crippen molar-refractivity contribution < 1.29 is 19.1 Å². The van der Waals surface area contributed by atoms with E-state index in [1.54, 1.807) is 6.92 Å². The maximum atomic E-state index is 12.1. The Morgan fingerprint density at radius 1 is 1.38 bits per heavy atom. The molecule has 0 aromatic heterocycles. The molecule has 4 atom stereocenters. The second kappa shape index (κ2) is 9.74. The maximum absolute atomic E-state index is 12.1. The Hall–Kier alpha value is -1.47. The molecular formula is C17H31N3O4. The molecule has 1 aliphatic rings. The molecule has 138 valence electrons. The van der Waals surface area contributed by atoms with Crippen LogP contribution in [0, 0.1) is 11.8 Å². The van der Waals surface area contributed by atoms with Crippen molar-refractivity contribution in [1.82, 2.24) is 10.2 Å². The summed E-state index contributed by atoms with van der Waals surface area (Å²) in [6, 6.07) is -0.542. The fraction of sp³-hybridized carbons (Fsp3) is 0.824. The first-order chi connectivity index (χ1) is 11.2. The van der Waals surface area contributed by atoms with Gasteiger partial charge in [0, 0.05) is 18.9 Å². The monoisotopic (exact) mass is 341 g/mol. The van der Waals surface area contributed by atoms with E-state index in [1.807, 2.05) is 25.9 Å². The highest BCUT2D eigenvalue weighted by atomic mass is 16.5. The van der Waals surface area contributed by atoms with Gasteiger partial charge in [0.05, 0.1) is 6.10 Å². The molecule has 7 heteroatoms. The van der Waals surface area contributed by atoms with Crippen molar-refractivity contribution in [2.45, 2.75) is 51.7 Å². The average molecular weight is 341 g/mol. The van der Waals surface area contributed by atoms with Crippen molar-refractivity contribution in [3.05, 3.63) is 0 Å². The lowest BCUT2D eigenvalue weighted by Crippen LogP contribution is -2.45. The van der Waals surface area contributed by atoms with Crippen molar-refractivity contribution in [1.29, 1.82) is 0 Å². The number of carbonyl (C=O) groups excluding carboxylic acids is 3. The van der Waals surface area contributed by atoms with Gasteiger partial charge in [0.1, 0.15) is 12.6 Å². The van der Waals surface area contributed by atoms with E-state index in [0.29, 0.717) is 19.3 Å². The maximum Gasteiger partial charge on any atom is 0.220 e. The molecule has 0 aromatic carbocycles. The number of nitrogens with two attached hydrogens (primary N) is 1. The first kappa shape index (κ1) is 20.6. The minimum absolute atomic E-state index is 0.0657. The molecule has 1 fully saturated rings. The Kier molecular flexibility index (Phi) is 8.35. The SMILES string of the molecule is CC(CCCC(=O)NC1C(=O)CO[C@H]1CCN(C)C)C(C)C(N)=O. The highest BCUT2D eigenvalue weighted by molar-refractivity contribution is 5.91. The number of hydrogen-bond acceptors (Lipinski definition) is 5. The van der Waals surface area contributed by atoms with Gasteiger partial charge in [-0.25, -0.2) is 0 Å². The summed E-state index contributed by atoms with van der Waals surface area (Å²) in [5.41, 5.74) is 5.28. The molecule has 24 heavy (non-hydrogen) atoms. The van der Waals surface area contributed by atoms with Gasteiger partial charge in [-0.15, -0.1) is 0 Å². The number of ether oxygens (including phenoxy) is 1. The van der Waals surface area contributed by atoms with Crippen LogP contribution in [0.2, 0.25) is 0 Å². The summed E-state index contributed by atoms with van der Waals surface area (Å²) in [7, 11) is 3.91. The summed E-state index contributed by atoms with van der Waals surface area (Å²) in [6.45, 7) is 4.62. The van der Waals surface area contributed by atoms with Crippen LogP contribution in [0.4, 0.5) is 0 Å².